The molecule has 0 aromatic heterocycles. The fourth-order valence-electron chi connectivity index (χ4n) is 9.25. The third kappa shape index (κ3) is 10.2. The van der Waals surface area contributed by atoms with Gasteiger partial charge in [0.05, 0.1) is 17.8 Å². The van der Waals surface area contributed by atoms with E-state index in [1.807, 2.05) is 0 Å². The van der Waals surface area contributed by atoms with E-state index in [4.69, 9.17) is 24.9 Å². The standard InChI is InChI=1S/C44H80O4Si2/c1-32(20-18-27-43(9,10)46-40-22-16-17-29-45-40)37-25-26-38-34(21-19-28-44(37,38)11)23-24-35-30-36(47-49(12,13)41(3,4)5)31-39(33(35)2)48-50(14,15)42(6,7)8/h23-24,32,36-40H,2,16-22,25-31H2,1,3-15H3/b34-23+,35-24-/t32-,36-,37-,38+,39+,40+,44-/m1/s1. The van der Waals surface area contributed by atoms with Gasteiger partial charge in [0.2, 0.25) is 0 Å². The van der Waals surface area contributed by atoms with Gasteiger partial charge in [0, 0.05) is 13.0 Å². The summed E-state index contributed by atoms with van der Waals surface area (Å²) in [6.07, 6.45) is 20.7. The summed E-state index contributed by atoms with van der Waals surface area (Å²) in [5, 5.41) is 0.336. The van der Waals surface area contributed by atoms with E-state index in [0.29, 0.717) is 11.3 Å². The third-order valence-electron chi connectivity index (χ3n) is 14.5. The first-order chi connectivity index (χ1) is 23.0. The predicted octanol–water partition coefficient (Wildman–Crippen LogP) is 13.3. The van der Waals surface area contributed by atoms with Gasteiger partial charge in [0.15, 0.2) is 22.9 Å². The van der Waals surface area contributed by atoms with Gasteiger partial charge in [0.1, 0.15) is 0 Å². The Morgan fingerprint density at radius 1 is 0.900 bits per heavy atom. The molecule has 288 valence electrons. The van der Waals surface area contributed by atoms with E-state index >= 15 is 0 Å². The maximum Gasteiger partial charge on any atom is 0.192 e. The lowest BCUT2D eigenvalue weighted by atomic mass is 9.60. The lowest BCUT2D eigenvalue weighted by molar-refractivity contribution is -0.217. The van der Waals surface area contributed by atoms with Crippen LogP contribution >= 0.6 is 0 Å². The van der Waals surface area contributed by atoms with Gasteiger partial charge < -0.3 is 18.3 Å². The molecule has 0 amide bonds. The van der Waals surface area contributed by atoms with Gasteiger partial charge in [-0.15, -0.1) is 0 Å². The number of ether oxygens (including phenoxy) is 2. The first kappa shape index (κ1) is 42.2. The first-order valence-electron chi connectivity index (χ1n) is 20.7. The summed E-state index contributed by atoms with van der Waals surface area (Å²) >= 11 is 0. The molecule has 4 rings (SSSR count). The molecular formula is C44H80O4Si2. The minimum Gasteiger partial charge on any atom is -0.413 e. The Balaban J connectivity index is 1.47. The molecule has 4 aliphatic rings. The Hall–Kier alpha value is -0.506. The highest BCUT2D eigenvalue weighted by atomic mass is 28.4. The molecular weight excluding hydrogens is 649 g/mol. The molecule has 3 aliphatic carbocycles. The molecule has 6 heteroatoms. The highest BCUT2D eigenvalue weighted by Gasteiger charge is 2.51. The zero-order valence-corrected chi connectivity index (χ0v) is 37.4. The second-order valence-corrected chi connectivity index (χ2v) is 30.4. The molecule has 0 unspecified atom stereocenters. The van der Waals surface area contributed by atoms with Crippen molar-refractivity contribution in [3.05, 3.63) is 35.5 Å². The molecule has 0 bridgehead atoms. The quantitative estimate of drug-likeness (QED) is 0.188. The molecule has 0 N–H and O–H groups in total. The fraction of sp³-hybridized carbons (Fsp3) is 0.864. The number of allylic oxidation sites excluding steroid dienone is 3. The van der Waals surface area contributed by atoms with Gasteiger partial charge in [-0.25, -0.2) is 0 Å². The van der Waals surface area contributed by atoms with Crippen molar-refractivity contribution in [2.75, 3.05) is 6.61 Å². The summed E-state index contributed by atoms with van der Waals surface area (Å²) in [4.78, 5) is 0. The third-order valence-corrected chi connectivity index (χ3v) is 23.5. The van der Waals surface area contributed by atoms with Crippen LogP contribution in [0.1, 0.15) is 153 Å². The fourth-order valence-corrected chi connectivity index (χ4v) is 11.9. The summed E-state index contributed by atoms with van der Waals surface area (Å²) in [5.41, 5.74) is 4.51. The van der Waals surface area contributed by atoms with Crippen molar-refractivity contribution in [1.82, 2.24) is 0 Å². The predicted molar refractivity (Wildman–Crippen MR) is 219 cm³/mol. The van der Waals surface area contributed by atoms with Crippen LogP contribution in [0.2, 0.25) is 36.3 Å². The largest absolute Gasteiger partial charge is 0.413 e. The van der Waals surface area contributed by atoms with Gasteiger partial charge in [0.25, 0.3) is 0 Å². The van der Waals surface area contributed by atoms with Crippen molar-refractivity contribution in [1.29, 1.82) is 0 Å². The van der Waals surface area contributed by atoms with E-state index in [1.165, 1.54) is 68.9 Å². The summed E-state index contributed by atoms with van der Waals surface area (Å²) in [6, 6.07) is 0. The molecule has 0 radical (unpaired) electrons. The van der Waals surface area contributed by atoms with Crippen LogP contribution in [0.3, 0.4) is 0 Å². The highest BCUT2D eigenvalue weighted by molar-refractivity contribution is 6.74. The molecule has 0 aromatic rings. The normalized spacial score (nSPS) is 32.8. The van der Waals surface area contributed by atoms with Crippen LogP contribution in [0.15, 0.2) is 35.5 Å². The lowest BCUT2D eigenvalue weighted by Gasteiger charge is -2.46. The Morgan fingerprint density at radius 3 is 2.18 bits per heavy atom. The zero-order chi connectivity index (χ0) is 37.3. The Bertz CT molecular complexity index is 1210. The van der Waals surface area contributed by atoms with Gasteiger partial charge in [-0.1, -0.05) is 92.5 Å². The lowest BCUT2D eigenvalue weighted by Crippen LogP contribution is -2.49. The van der Waals surface area contributed by atoms with Gasteiger partial charge in [-0.05, 0) is 149 Å². The second kappa shape index (κ2) is 16.1. The summed E-state index contributed by atoms with van der Waals surface area (Å²) in [5.74, 6) is 2.23. The van der Waals surface area contributed by atoms with E-state index in [9.17, 15) is 0 Å². The molecule has 50 heavy (non-hydrogen) atoms. The maximum atomic E-state index is 7.12. The average Bonchev–Trinajstić information content (AvgIpc) is 3.34. The van der Waals surface area contributed by atoms with Crippen LogP contribution in [0.5, 0.6) is 0 Å². The molecule has 4 nitrogen and oxygen atoms in total. The van der Waals surface area contributed by atoms with Crippen molar-refractivity contribution in [3.8, 4) is 0 Å². The summed E-state index contributed by atoms with van der Waals surface area (Å²) in [7, 11) is -3.91. The Kier molecular flexibility index (Phi) is 13.6. The van der Waals surface area contributed by atoms with E-state index in [2.05, 4.69) is 108 Å². The molecule has 1 heterocycles. The maximum absolute atomic E-state index is 7.12. The Morgan fingerprint density at radius 2 is 1.56 bits per heavy atom. The molecule has 1 saturated heterocycles. The SMILES string of the molecule is C=C1/C(=C\C=C2/CCC[C@]3(C)[C@@H]([C@H](C)CCCC(C)(C)O[C@H]4CCCCO4)CC[C@@H]23)C[C@@H](O[Si](C)(C)C(C)(C)C)C[C@@H]1O[Si](C)(C)C(C)(C)C. The van der Waals surface area contributed by atoms with Crippen molar-refractivity contribution in [3.63, 3.8) is 0 Å². The monoisotopic (exact) mass is 729 g/mol. The average molecular weight is 729 g/mol. The molecule has 0 aromatic carbocycles. The van der Waals surface area contributed by atoms with E-state index in [1.54, 1.807) is 5.57 Å². The first-order valence-corrected chi connectivity index (χ1v) is 26.5. The molecule has 3 saturated carbocycles. The van der Waals surface area contributed by atoms with Crippen LogP contribution < -0.4 is 0 Å². The number of hydrogen-bond donors (Lipinski definition) is 0. The van der Waals surface area contributed by atoms with Crippen molar-refractivity contribution in [2.24, 2.45) is 23.2 Å². The number of rotatable bonds is 12. The van der Waals surface area contributed by atoms with Crippen LogP contribution in [0.4, 0.5) is 0 Å². The van der Waals surface area contributed by atoms with Crippen molar-refractivity contribution < 1.29 is 18.3 Å². The van der Waals surface area contributed by atoms with Crippen molar-refractivity contribution in [2.45, 2.75) is 213 Å². The minimum atomic E-state index is -1.98. The summed E-state index contributed by atoms with van der Waals surface area (Å²) in [6.45, 7) is 38.9. The molecule has 4 fully saturated rings. The molecule has 1 aliphatic heterocycles. The smallest absolute Gasteiger partial charge is 0.192 e. The molecule has 0 spiro atoms. The second-order valence-electron chi connectivity index (χ2n) is 20.9. The minimum absolute atomic E-state index is 0.00920. The summed E-state index contributed by atoms with van der Waals surface area (Å²) < 4.78 is 26.6. The van der Waals surface area contributed by atoms with Crippen molar-refractivity contribution >= 4 is 16.6 Å². The van der Waals surface area contributed by atoms with E-state index in [-0.39, 0.29) is 34.2 Å². The van der Waals surface area contributed by atoms with E-state index in [0.717, 1.165) is 44.1 Å². The van der Waals surface area contributed by atoms with Gasteiger partial charge >= 0.3 is 0 Å². The van der Waals surface area contributed by atoms with E-state index < -0.39 is 16.6 Å². The Labute approximate surface area is 312 Å². The molecule has 7 atom stereocenters. The van der Waals surface area contributed by atoms with Crippen LogP contribution in [0, 0.1) is 23.2 Å². The number of hydrogen-bond acceptors (Lipinski definition) is 4. The topological polar surface area (TPSA) is 36.9 Å². The van der Waals surface area contributed by atoms with Gasteiger partial charge in [-0.3, -0.25) is 0 Å². The van der Waals surface area contributed by atoms with Crippen LogP contribution in [0.25, 0.3) is 0 Å². The van der Waals surface area contributed by atoms with Crippen LogP contribution in [-0.4, -0.2) is 47.3 Å². The number of fused-ring (bicyclic) bond motifs is 1. The van der Waals surface area contributed by atoms with Gasteiger partial charge in [-0.2, -0.15) is 0 Å². The zero-order valence-electron chi connectivity index (χ0n) is 35.4. The van der Waals surface area contributed by atoms with Crippen LogP contribution in [-0.2, 0) is 18.3 Å². The highest BCUT2D eigenvalue weighted by Crippen LogP contribution is 2.60.